The van der Waals surface area contributed by atoms with E-state index in [0.717, 1.165) is 5.01 Å². The first kappa shape index (κ1) is 21.9. The van der Waals surface area contributed by atoms with Crippen molar-refractivity contribution in [2.24, 2.45) is 5.10 Å². The van der Waals surface area contributed by atoms with Crippen LogP contribution in [0.2, 0.25) is 5.02 Å². The Morgan fingerprint density at radius 2 is 2.03 bits per heavy atom. The first-order valence-electron chi connectivity index (χ1n) is 9.33. The van der Waals surface area contributed by atoms with Crippen molar-refractivity contribution in [3.05, 3.63) is 58.1 Å². The van der Waals surface area contributed by atoms with E-state index >= 15 is 0 Å². The van der Waals surface area contributed by atoms with Crippen molar-refractivity contribution >= 4 is 41.0 Å². The molecule has 0 aromatic heterocycles. The molecule has 1 amide bonds. The first-order valence-corrected chi connectivity index (χ1v) is 9.71. The molecule has 0 radical (unpaired) electrons. The highest BCUT2D eigenvalue weighted by Crippen LogP contribution is 2.32. The van der Waals surface area contributed by atoms with E-state index in [1.807, 2.05) is 6.92 Å². The van der Waals surface area contributed by atoms with E-state index in [2.05, 4.69) is 11.0 Å². The Labute approximate surface area is 184 Å². The number of carbonyl (C=O) groups excluding carboxylic acids is 1. The number of nitrogens with zero attached hydrogens (tertiary/aromatic N) is 2. The van der Waals surface area contributed by atoms with E-state index < -0.39 is 5.97 Å². The van der Waals surface area contributed by atoms with E-state index in [1.54, 1.807) is 31.2 Å². The van der Waals surface area contributed by atoms with Crippen LogP contribution in [0.5, 0.6) is 11.5 Å². The van der Waals surface area contributed by atoms with Gasteiger partial charge in [-0.05, 0) is 55.8 Å². The summed E-state index contributed by atoms with van der Waals surface area (Å²) in [5.74, 6) is 1.84. The molecule has 0 spiro atoms. The van der Waals surface area contributed by atoms with Crippen LogP contribution >= 0.6 is 11.6 Å². The van der Waals surface area contributed by atoms with E-state index in [4.69, 9.17) is 27.5 Å². The summed E-state index contributed by atoms with van der Waals surface area (Å²) in [6, 6.07) is 9.51. The molecule has 0 atom stereocenters. The lowest BCUT2D eigenvalue weighted by atomic mass is 10.1. The van der Waals surface area contributed by atoms with Gasteiger partial charge in [-0.15, -0.1) is 6.42 Å². The zero-order chi connectivity index (χ0) is 22.5. The number of halogens is 1. The van der Waals surface area contributed by atoms with Gasteiger partial charge in [-0.3, -0.25) is 4.79 Å². The van der Waals surface area contributed by atoms with E-state index in [9.17, 15) is 14.7 Å². The number of anilines is 1. The SMILES string of the molecule is C#CCOc1ccc(/C=C2/C(=O)N(c3ccc(Cl)c(C(=O)O)c3)N=C2C)cc1OCC. The lowest BCUT2D eigenvalue weighted by Gasteiger charge is -2.13. The second kappa shape index (κ2) is 9.37. The molecule has 3 rings (SSSR count). The van der Waals surface area contributed by atoms with Gasteiger partial charge in [-0.2, -0.15) is 10.1 Å². The second-order valence-electron chi connectivity index (χ2n) is 6.46. The minimum atomic E-state index is -1.19. The molecule has 2 aromatic carbocycles. The van der Waals surface area contributed by atoms with Crippen molar-refractivity contribution in [1.29, 1.82) is 0 Å². The summed E-state index contributed by atoms with van der Waals surface area (Å²) < 4.78 is 11.1. The number of hydrazone groups is 1. The highest BCUT2D eigenvalue weighted by atomic mass is 35.5. The summed E-state index contributed by atoms with van der Waals surface area (Å²) in [5.41, 5.74) is 1.76. The molecule has 1 aliphatic rings. The van der Waals surface area contributed by atoms with Gasteiger partial charge in [-0.1, -0.05) is 23.6 Å². The molecule has 2 aromatic rings. The van der Waals surface area contributed by atoms with Crippen LogP contribution in [0.4, 0.5) is 5.69 Å². The van der Waals surface area contributed by atoms with Crippen LogP contribution in [0.3, 0.4) is 0 Å². The number of amides is 1. The number of carboxylic acids is 1. The molecule has 1 aliphatic heterocycles. The molecule has 8 heteroatoms. The second-order valence-corrected chi connectivity index (χ2v) is 6.87. The predicted octanol–water partition coefficient (Wildman–Crippen LogP) is 4.26. The maximum atomic E-state index is 13.0. The summed E-state index contributed by atoms with van der Waals surface area (Å²) in [5, 5.41) is 14.8. The van der Waals surface area contributed by atoms with Gasteiger partial charge in [0.05, 0.1) is 34.2 Å². The Hall–Kier alpha value is -3.76. The maximum Gasteiger partial charge on any atom is 0.337 e. The smallest absolute Gasteiger partial charge is 0.337 e. The average molecular weight is 439 g/mol. The molecule has 158 valence electrons. The van der Waals surface area contributed by atoms with Crippen molar-refractivity contribution in [2.75, 3.05) is 18.2 Å². The van der Waals surface area contributed by atoms with E-state index in [-0.39, 0.29) is 23.1 Å². The monoisotopic (exact) mass is 438 g/mol. The van der Waals surface area contributed by atoms with E-state index in [0.29, 0.717) is 40.6 Å². The fraction of sp³-hybridized carbons (Fsp3) is 0.174. The third kappa shape index (κ3) is 4.71. The minimum Gasteiger partial charge on any atom is -0.490 e. The van der Waals surface area contributed by atoms with Crippen LogP contribution in [-0.4, -0.2) is 35.9 Å². The number of ether oxygens (including phenoxy) is 2. The van der Waals surface area contributed by atoms with Crippen molar-refractivity contribution in [3.63, 3.8) is 0 Å². The maximum absolute atomic E-state index is 13.0. The number of terminal acetylenes is 1. The van der Waals surface area contributed by atoms with Gasteiger partial charge in [0.2, 0.25) is 0 Å². The summed E-state index contributed by atoms with van der Waals surface area (Å²) in [6.07, 6.45) is 6.93. The first-order chi connectivity index (χ1) is 14.8. The fourth-order valence-corrected chi connectivity index (χ4v) is 3.15. The van der Waals surface area contributed by atoms with Crippen LogP contribution < -0.4 is 14.5 Å². The highest BCUT2D eigenvalue weighted by molar-refractivity contribution is 6.34. The zero-order valence-electron chi connectivity index (χ0n) is 16.9. The topological polar surface area (TPSA) is 88.4 Å². The van der Waals surface area contributed by atoms with Gasteiger partial charge in [-0.25, -0.2) is 4.79 Å². The van der Waals surface area contributed by atoms with Gasteiger partial charge >= 0.3 is 5.97 Å². The molecular formula is C23H19ClN2O5. The van der Waals surface area contributed by atoms with Crippen LogP contribution in [0, 0.1) is 12.3 Å². The van der Waals surface area contributed by atoms with Crippen LogP contribution in [-0.2, 0) is 4.79 Å². The lowest BCUT2D eigenvalue weighted by molar-refractivity contribution is -0.114. The Kier molecular flexibility index (Phi) is 6.63. The summed E-state index contributed by atoms with van der Waals surface area (Å²) in [4.78, 5) is 24.3. The quantitative estimate of drug-likeness (QED) is 0.515. The number of carbonyl (C=O) groups is 2. The molecule has 7 nitrogen and oxygen atoms in total. The molecule has 0 bridgehead atoms. The predicted molar refractivity (Wildman–Crippen MR) is 119 cm³/mol. The fourth-order valence-electron chi connectivity index (χ4n) is 2.96. The van der Waals surface area contributed by atoms with E-state index in [1.165, 1.54) is 18.2 Å². The Bertz CT molecular complexity index is 1150. The number of benzene rings is 2. The number of hydrogen-bond donors (Lipinski definition) is 1. The molecular weight excluding hydrogens is 420 g/mol. The molecule has 31 heavy (non-hydrogen) atoms. The summed E-state index contributed by atoms with van der Waals surface area (Å²) >= 11 is 5.92. The zero-order valence-corrected chi connectivity index (χ0v) is 17.6. The molecule has 1 heterocycles. The van der Waals surface area contributed by atoms with Crippen molar-refractivity contribution < 1.29 is 24.2 Å². The number of rotatable bonds is 7. The van der Waals surface area contributed by atoms with Gasteiger partial charge < -0.3 is 14.6 Å². The van der Waals surface area contributed by atoms with Gasteiger partial charge in [0.15, 0.2) is 11.5 Å². The molecule has 0 saturated carbocycles. The van der Waals surface area contributed by atoms with Crippen LogP contribution in [0.1, 0.15) is 29.8 Å². The number of hydrogen-bond acceptors (Lipinski definition) is 5. The van der Waals surface area contributed by atoms with Gasteiger partial charge in [0.25, 0.3) is 5.91 Å². The van der Waals surface area contributed by atoms with Crippen molar-refractivity contribution in [3.8, 4) is 23.8 Å². The third-order valence-electron chi connectivity index (χ3n) is 4.38. The largest absolute Gasteiger partial charge is 0.490 e. The molecule has 0 aliphatic carbocycles. The molecule has 0 unspecified atom stereocenters. The minimum absolute atomic E-state index is 0.0787. The number of aromatic carboxylic acids is 1. The molecule has 0 fully saturated rings. The summed E-state index contributed by atoms with van der Waals surface area (Å²) in [6.45, 7) is 4.09. The Morgan fingerprint density at radius 3 is 2.71 bits per heavy atom. The van der Waals surface area contributed by atoms with Gasteiger partial charge in [0.1, 0.15) is 6.61 Å². The van der Waals surface area contributed by atoms with Crippen LogP contribution in [0.25, 0.3) is 6.08 Å². The molecule has 0 saturated heterocycles. The third-order valence-corrected chi connectivity index (χ3v) is 4.71. The number of carboxylic acid groups (broad SMARTS) is 1. The van der Waals surface area contributed by atoms with Crippen molar-refractivity contribution in [2.45, 2.75) is 13.8 Å². The standard InChI is InChI=1S/C23H19ClN2O5/c1-4-10-31-20-9-6-15(12-21(20)30-5-2)11-17-14(3)25-26(22(17)27)16-7-8-19(24)18(13-16)23(28)29/h1,6-9,11-13H,5,10H2,2-3H3,(H,28,29)/b17-11+. The summed E-state index contributed by atoms with van der Waals surface area (Å²) in [7, 11) is 0. The highest BCUT2D eigenvalue weighted by Gasteiger charge is 2.29. The Balaban J connectivity index is 1.93. The van der Waals surface area contributed by atoms with Crippen molar-refractivity contribution in [1.82, 2.24) is 0 Å². The normalized spacial score (nSPS) is 14.4. The van der Waals surface area contributed by atoms with Crippen LogP contribution in [0.15, 0.2) is 47.1 Å². The molecule has 1 N–H and O–H groups in total. The van der Waals surface area contributed by atoms with Gasteiger partial charge in [0, 0.05) is 0 Å². The Morgan fingerprint density at radius 1 is 1.26 bits per heavy atom. The average Bonchev–Trinajstić information content (AvgIpc) is 3.02. The lowest BCUT2D eigenvalue weighted by Crippen LogP contribution is -2.21.